The molecule has 3 N–H and O–H groups in total. The minimum Gasteiger partial charge on any atom is -0.495 e. The molecule has 0 amide bonds. The summed E-state index contributed by atoms with van der Waals surface area (Å²) < 4.78 is 32.1. The lowest BCUT2D eigenvalue weighted by Gasteiger charge is -2.12. The highest BCUT2D eigenvalue weighted by Gasteiger charge is 2.19. The van der Waals surface area contributed by atoms with Crippen molar-refractivity contribution in [3.8, 4) is 5.75 Å². The number of hydrogen-bond acceptors (Lipinski definition) is 4. The van der Waals surface area contributed by atoms with E-state index in [-0.39, 0.29) is 10.6 Å². The van der Waals surface area contributed by atoms with Crippen LogP contribution in [0.2, 0.25) is 5.02 Å². The van der Waals surface area contributed by atoms with E-state index in [1.807, 2.05) is 0 Å². The maximum atomic E-state index is 12.3. The van der Waals surface area contributed by atoms with Gasteiger partial charge in [0.15, 0.2) is 0 Å². The fraction of sp³-hybridized carbons (Fsp3) is 0.0769. The molecule has 7 heteroatoms. The summed E-state index contributed by atoms with van der Waals surface area (Å²) in [5, 5.41) is 0.526. The van der Waals surface area contributed by atoms with Crippen molar-refractivity contribution in [3.63, 3.8) is 0 Å². The third kappa shape index (κ3) is 3.15. The Labute approximate surface area is 122 Å². The van der Waals surface area contributed by atoms with Gasteiger partial charge in [-0.25, -0.2) is 8.42 Å². The van der Waals surface area contributed by atoms with Crippen LogP contribution in [0.5, 0.6) is 5.75 Å². The molecule has 0 saturated carbocycles. The zero-order chi connectivity index (χ0) is 14.8. The molecule has 106 valence electrons. The third-order valence-electron chi connectivity index (χ3n) is 2.57. The molecule has 2 aromatic carbocycles. The summed E-state index contributed by atoms with van der Waals surface area (Å²) in [6.45, 7) is 0. The van der Waals surface area contributed by atoms with Crippen LogP contribution in [-0.4, -0.2) is 15.5 Å². The molecule has 0 fully saturated rings. The van der Waals surface area contributed by atoms with Gasteiger partial charge in [-0.15, -0.1) is 0 Å². The van der Waals surface area contributed by atoms with Crippen LogP contribution in [0.15, 0.2) is 47.4 Å². The molecule has 0 spiro atoms. The zero-order valence-corrected chi connectivity index (χ0v) is 12.2. The van der Waals surface area contributed by atoms with E-state index >= 15 is 0 Å². The fourth-order valence-corrected chi connectivity index (χ4v) is 2.97. The van der Waals surface area contributed by atoms with Crippen molar-refractivity contribution in [2.75, 3.05) is 17.6 Å². The maximum absolute atomic E-state index is 12.3. The van der Waals surface area contributed by atoms with E-state index in [0.717, 1.165) is 0 Å². The van der Waals surface area contributed by atoms with Gasteiger partial charge in [0, 0.05) is 22.5 Å². The average Bonchev–Trinajstić information content (AvgIpc) is 2.40. The lowest BCUT2D eigenvalue weighted by Crippen LogP contribution is -2.14. The van der Waals surface area contributed by atoms with E-state index in [1.54, 1.807) is 24.3 Å². The van der Waals surface area contributed by atoms with Crippen LogP contribution in [-0.2, 0) is 10.0 Å². The van der Waals surface area contributed by atoms with Crippen molar-refractivity contribution in [2.24, 2.45) is 0 Å². The van der Waals surface area contributed by atoms with Gasteiger partial charge in [0.25, 0.3) is 10.0 Å². The summed E-state index contributed by atoms with van der Waals surface area (Å²) in [5.74, 6) is 0.187. The van der Waals surface area contributed by atoms with E-state index < -0.39 is 10.0 Å². The molecular weight excluding hydrogens is 300 g/mol. The van der Waals surface area contributed by atoms with Gasteiger partial charge in [-0.1, -0.05) is 11.6 Å². The highest BCUT2D eigenvalue weighted by Crippen LogP contribution is 2.28. The number of nitrogens with two attached hydrogens (primary N) is 1. The first kappa shape index (κ1) is 14.5. The molecule has 0 heterocycles. The van der Waals surface area contributed by atoms with E-state index in [2.05, 4.69) is 4.72 Å². The Balaban J connectivity index is 2.38. The standard InChI is InChI=1S/C13H13ClN2O3S/c1-19-12-8-10(15)4-7-13(12)20(17,18)16-11-5-2-9(14)3-6-11/h2-8,16H,15H2,1H3. The third-order valence-corrected chi connectivity index (χ3v) is 4.25. The molecule has 0 atom stereocenters. The Morgan fingerprint density at radius 2 is 1.80 bits per heavy atom. The van der Waals surface area contributed by atoms with E-state index in [4.69, 9.17) is 22.1 Å². The molecule has 0 aromatic heterocycles. The Bertz CT molecular complexity index is 715. The van der Waals surface area contributed by atoms with Gasteiger partial charge in [-0.2, -0.15) is 0 Å². The average molecular weight is 313 g/mol. The van der Waals surface area contributed by atoms with Crippen molar-refractivity contribution in [2.45, 2.75) is 4.90 Å². The molecule has 2 aromatic rings. The van der Waals surface area contributed by atoms with E-state index in [1.165, 1.54) is 25.3 Å². The molecule has 2 rings (SSSR count). The van der Waals surface area contributed by atoms with E-state index in [0.29, 0.717) is 16.4 Å². The molecule has 0 unspecified atom stereocenters. The van der Waals surface area contributed by atoms with Gasteiger partial charge in [0.05, 0.1) is 7.11 Å². The van der Waals surface area contributed by atoms with Crippen LogP contribution in [0.1, 0.15) is 0 Å². The number of benzene rings is 2. The summed E-state index contributed by atoms with van der Waals surface area (Å²) in [7, 11) is -2.37. The molecule has 0 aliphatic rings. The predicted molar refractivity (Wildman–Crippen MR) is 79.7 cm³/mol. The number of methoxy groups -OCH3 is 1. The Morgan fingerprint density at radius 1 is 1.15 bits per heavy atom. The zero-order valence-electron chi connectivity index (χ0n) is 10.6. The van der Waals surface area contributed by atoms with Gasteiger partial charge in [0.1, 0.15) is 10.6 Å². The van der Waals surface area contributed by atoms with Gasteiger partial charge < -0.3 is 10.5 Å². The van der Waals surface area contributed by atoms with Crippen LogP contribution in [0.4, 0.5) is 11.4 Å². The van der Waals surface area contributed by atoms with Crippen LogP contribution >= 0.6 is 11.6 Å². The number of sulfonamides is 1. The summed E-state index contributed by atoms with van der Waals surface area (Å²) in [4.78, 5) is 0.0177. The summed E-state index contributed by atoms with van der Waals surface area (Å²) >= 11 is 5.75. The number of ether oxygens (including phenoxy) is 1. The van der Waals surface area contributed by atoms with Gasteiger partial charge in [-0.05, 0) is 36.4 Å². The Morgan fingerprint density at radius 3 is 2.40 bits per heavy atom. The predicted octanol–water partition coefficient (Wildman–Crippen LogP) is 2.73. The van der Waals surface area contributed by atoms with Crippen LogP contribution in [0.25, 0.3) is 0 Å². The monoisotopic (exact) mass is 312 g/mol. The van der Waals surface area contributed by atoms with Crippen LogP contribution in [0.3, 0.4) is 0 Å². The molecule has 5 nitrogen and oxygen atoms in total. The largest absolute Gasteiger partial charge is 0.495 e. The highest BCUT2D eigenvalue weighted by molar-refractivity contribution is 7.92. The lowest BCUT2D eigenvalue weighted by molar-refractivity contribution is 0.403. The minimum atomic E-state index is -3.76. The number of hydrogen-bond donors (Lipinski definition) is 2. The molecule has 0 aliphatic heterocycles. The topological polar surface area (TPSA) is 81.4 Å². The maximum Gasteiger partial charge on any atom is 0.265 e. The number of anilines is 2. The second-order valence-corrected chi connectivity index (χ2v) is 6.11. The number of nitrogens with one attached hydrogen (secondary N) is 1. The van der Waals surface area contributed by atoms with Gasteiger partial charge in [0.2, 0.25) is 0 Å². The quantitative estimate of drug-likeness (QED) is 0.851. The fourth-order valence-electron chi connectivity index (χ4n) is 1.63. The summed E-state index contributed by atoms with van der Waals surface area (Å²) in [5.41, 5.74) is 6.44. The van der Waals surface area contributed by atoms with E-state index in [9.17, 15) is 8.42 Å². The number of nitrogen functional groups attached to an aromatic ring is 1. The van der Waals surface area contributed by atoms with Crippen molar-refractivity contribution in [1.29, 1.82) is 0 Å². The highest BCUT2D eigenvalue weighted by atomic mass is 35.5. The second kappa shape index (κ2) is 5.60. The van der Waals surface area contributed by atoms with Gasteiger partial charge in [-0.3, -0.25) is 4.72 Å². The molecular formula is C13H13ClN2O3S. The van der Waals surface area contributed by atoms with Crippen molar-refractivity contribution in [3.05, 3.63) is 47.5 Å². The number of rotatable bonds is 4. The first-order chi connectivity index (χ1) is 9.42. The van der Waals surface area contributed by atoms with Crippen molar-refractivity contribution in [1.82, 2.24) is 0 Å². The lowest BCUT2D eigenvalue weighted by atomic mass is 10.3. The second-order valence-electron chi connectivity index (χ2n) is 4.02. The van der Waals surface area contributed by atoms with Crippen molar-refractivity contribution < 1.29 is 13.2 Å². The molecule has 0 saturated heterocycles. The van der Waals surface area contributed by atoms with Crippen LogP contribution < -0.4 is 15.2 Å². The Kier molecular flexibility index (Phi) is 4.06. The molecule has 0 bridgehead atoms. The minimum absolute atomic E-state index is 0.0177. The number of halogens is 1. The SMILES string of the molecule is COc1cc(N)ccc1S(=O)(=O)Nc1ccc(Cl)cc1. The Hall–Kier alpha value is -1.92. The summed E-state index contributed by atoms with van der Waals surface area (Å²) in [6.07, 6.45) is 0. The van der Waals surface area contributed by atoms with Crippen LogP contribution in [0, 0.1) is 0 Å². The molecule has 0 radical (unpaired) electrons. The molecule has 0 aliphatic carbocycles. The first-order valence-electron chi connectivity index (χ1n) is 5.64. The smallest absolute Gasteiger partial charge is 0.265 e. The summed E-state index contributed by atoms with van der Waals surface area (Å²) in [6, 6.07) is 10.7. The molecule has 20 heavy (non-hydrogen) atoms. The first-order valence-corrected chi connectivity index (χ1v) is 7.50. The van der Waals surface area contributed by atoms with Crippen molar-refractivity contribution >= 4 is 33.0 Å². The normalized spacial score (nSPS) is 11.1. The van der Waals surface area contributed by atoms with Gasteiger partial charge >= 0.3 is 0 Å².